The second-order valence-electron chi connectivity index (χ2n) is 7.34. The van der Waals surface area contributed by atoms with Crippen molar-refractivity contribution >= 4 is 27.6 Å². The number of hydrogen-bond acceptors (Lipinski definition) is 7. The van der Waals surface area contributed by atoms with Gasteiger partial charge >= 0.3 is 5.97 Å². The Morgan fingerprint density at radius 2 is 1.69 bits per heavy atom. The summed E-state index contributed by atoms with van der Waals surface area (Å²) in [6.07, 6.45) is 0.860. The summed E-state index contributed by atoms with van der Waals surface area (Å²) >= 11 is 0. The van der Waals surface area contributed by atoms with Crippen LogP contribution in [0.5, 0.6) is 11.5 Å². The highest BCUT2D eigenvalue weighted by atomic mass is 32.2. The summed E-state index contributed by atoms with van der Waals surface area (Å²) in [5.74, 6) is -0.352. The lowest BCUT2D eigenvalue weighted by atomic mass is 10.2. The molecule has 1 amide bonds. The maximum absolute atomic E-state index is 13.0. The van der Waals surface area contributed by atoms with Crippen molar-refractivity contribution < 1.29 is 32.2 Å². The predicted molar refractivity (Wildman–Crippen MR) is 117 cm³/mol. The Morgan fingerprint density at radius 3 is 2.28 bits per heavy atom. The zero-order valence-corrected chi connectivity index (χ0v) is 19.0. The molecule has 0 spiro atoms. The van der Waals surface area contributed by atoms with Crippen LogP contribution in [0.4, 0.5) is 5.69 Å². The number of amides is 1. The number of sulfonamides is 1. The van der Waals surface area contributed by atoms with E-state index in [0.717, 1.165) is 9.87 Å². The fraction of sp³-hybridized carbons (Fsp3) is 0.364. The van der Waals surface area contributed by atoms with E-state index in [1.807, 2.05) is 6.92 Å². The highest BCUT2D eigenvalue weighted by Gasteiger charge is 2.40. The van der Waals surface area contributed by atoms with Gasteiger partial charge < -0.3 is 19.5 Å². The van der Waals surface area contributed by atoms with E-state index in [1.165, 1.54) is 26.4 Å². The van der Waals surface area contributed by atoms with E-state index in [0.29, 0.717) is 30.0 Å². The van der Waals surface area contributed by atoms with Gasteiger partial charge in [0.05, 0.1) is 19.1 Å². The zero-order chi connectivity index (χ0) is 23.3. The van der Waals surface area contributed by atoms with Crippen LogP contribution in [0.3, 0.4) is 0 Å². The third-order valence-corrected chi connectivity index (χ3v) is 7.01. The summed E-state index contributed by atoms with van der Waals surface area (Å²) in [6.45, 7) is 1.53. The molecule has 1 aliphatic rings. The molecule has 1 N–H and O–H groups in total. The summed E-state index contributed by atoms with van der Waals surface area (Å²) in [5.41, 5.74) is 1.34. The van der Waals surface area contributed by atoms with E-state index in [9.17, 15) is 18.0 Å². The molecule has 1 atom stereocenters. The Labute approximate surface area is 187 Å². The number of hydrogen-bond donors (Lipinski definition) is 1. The van der Waals surface area contributed by atoms with Gasteiger partial charge in [0.1, 0.15) is 17.5 Å². The molecule has 2 aromatic carbocycles. The maximum atomic E-state index is 13.0. The van der Waals surface area contributed by atoms with E-state index >= 15 is 0 Å². The molecule has 10 heteroatoms. The quantitative estimate of drug-likeness (QED) is 0.600. The molecule has 1 saturated heterocycles. The molecule has 172 valence electrons. The molecule has 0 bridgehead atoms. The van der Waals surface area contributed by atoms with Crippen molar-refractivity contribution in [3.8, 4) is 11.5 Å². The molecule has 3 rings (SSSR count). The van der Waals surface area contributed by atoms with Crippen LogP contribution < -0.4 is 14.8 Å². The number of nitrogens with one attached hydrogen (secondary N) is 1. The molecule has 0 aliphatic carbocycles. The van der Waals surface area contributed by atoms with Gasteiger partial charge in [0.2, 0.25) is 10.0 Å². The van der Waals surface area contributed by atoms with Crippen LogP contribution in [-0.2, 0) is 24.3 Å². The fourth-order valence-electron chi connectivity index (χ4n) is 3.42. The first-order valence-electron chi connectivity index (χ1n) is 10.0. The van der Waals surface area contributed by atoms with E-state index in [4.69, 9.17) is 14.2 Å². The van der Waals surface area contributed by atoms with Crippen LogP contribution in [-0.4, -0.2) is 58.0 Å². The summed E-state index contributed by atoms with van der Waals surface area (Å²) in [6, 6.07) is 10.3. The van der Waals surface area contributed by atoms with Crippen molar-refractivity contribution in [3.05, 3.63) is 48.0 Å². The lowest BCUT2D eigenvalue weighted by Gasteiger charge is -2.22. The van der Waals surface area contributed by atoms with Crippen molar-refractivity contribution in [2.75, 3.05) is 32.7 Å². The molecular formula is C22H26N2O7S. The number of anilines is 1. The molecule has 1 fully saturated rings. The van der Waals surface area contributed by atoms with Gasteiger partial charge in [-0.05, 0) is 31.9 Å². The first kappa shape index (κ1) is 23.6. The van der Waals surface area contributed by atoms with Crippen LogP contribution in [0.15, 0.2) is 47.4 Å². The Morgan fingerprint density at radius 1 is 1.06 bits per heavy atom. The Kier molecular flexibility index (Phi) is 7.37. The number of carbonyl (C=O) groups is 2. The number of ether oxygens (including phenoxy) is 3. The van der Waals surface area contributed by atoms with Gasteiger partial charge in [-0.25, -0.2) is 8.42 Å². The standard InChI is InChI=1S/C22H26N2O7S/c1-15-6-8-19(9-7-15)32(27,28)24-10-4-5-20(24)22(26)31-14-21(25)23-16-11-17(29-2)13-18(12-16)30-3/h6-9,11-13,20H,4-5,10,14H2,1-3H3,(H,23,25). The lowest BCUT2D eigenvalue weighted by molar-refractivity contribution is -0.150. The van der Waals surface area contributed by atoms with Gasteiger partial charge in [0, 0.05) is 30.4 Å². The van der Waals surface area contributed by atoms with Crippen molar-refractivity contribution in [2.45, 2.75) is 30.7 Å². The minimum Gasteiger partial charge on any atom is -0.497 e. The first-order chi connectivity index (χ1) is 15.2. The van der Waals surface area contributed by atoms with Gasteiger partial charge in [-0.3, -0.25) is 9.59 Å². The van der Waals surface area contributed by atoms with Gasteiger partial charge in [-0.2, -0.15) is 4.31 Å². The van der Waals surface area contributed by atoms with Crippen molar-refractivity contribution in [3.63, 3.8) is 0 Å². The second kappa shape index (κ2) is 10.0. The fourth-order valence-corrected chi connectivity index (χ4v) is 5.07. The largest absolute Gasteiger partial charge is 0.497 e. The molecule has 0 radical (unpaired) electrons. The van der Waals surface area contributed by atoms with Crippen LogP contribution >= 0.6 is 0 Å². The minimum atomic E-state index is -3.85. The predicted octanol–water partition coefficient (Wildman–Crippen LogP) is 2.35. The van der Waals surface area contributed by atoms with Gasteiger partial charge in [0.25, 0.3) is 5.91 Å². The van der Waals surface area contributed by atoms with Crippen LogP contribution in [0.25, 0.3) is 0 Å². The topological polar surface area (TPSA) is 111 Å². The number of methoxy groups -OCH3 is 2. The molecule has 0 saturated carbocycles. The van der Waals surface area contributed by atoms with E-state index in [2.05, 4.69) is 5.32 Å². The number of nitrogens with zero attached hydrogens (tertiary/aromatic N) is 1. The van der Waals surface area contributed by atoms with E-state index < -0.39 is 34.5 Å². The SMILES string of the molecule is COc1cc(NC(=O)COC(=O)C2CCCN2S(=O)(=O)c2ccc(C)cc2)cc(OC)c1. The average molecular weight is 463 g/mol. The number of carbonyl (C=O) groups excluding carboxylic acids is 2. The normalized spacial score (nSPS) is 16.4. The third-order valence-electron chi connectivity index (χ3n) is 5.08. The number of benzene rings is 2. The highest BCUT2D eigenvalue weighted by Crippen LogP contribution is 2.28. The molecule has 2 aromatic rings. The molecule has 0 aromatic heterocycles. The van der Waals surface area contributed by atoms with Crippen LogP contribution in [0.1, 0.15) is 18.4 Å². The van der Waals surface area contributed by atoms with Gasteiger partial charge in [-0.15, -0.1) is 0 Å². The second-order valence-corrected chi connectivity index (χ2v) is 9.23. The smallest absolute Gasteiger partial charge is 0.324 e. The molecular weight excluding hydrogens is 436 g/mol. The first-order valence-corrected chi connectivity index (χ1v) is 11.5. The molecule has 1 heterocycles. The van der Waals surface area contributed by atoms with Crippen molar-refractivity contribution in [1.29, 1.82) is 0 Å². The summed E-state index contributed by atoms with van der Waals surface area (Å²) in [4.78, 5) is 25.0. The third kappa shape index (κ3) is 5.38. The highest BCUT2D eigenvalue weighted by molar-refractivity contribution is 7.89. The summed E-state index contributed by atoms with van der Waals surface area (Å²) in [5, 5.41) is 2.60. The van der Waals surface area contributed by atoms with Gasteiger partial charge in [0.15, 0.2) is 6.61 Å². The summed E-state index contributed by atoms with van der Waals surface area (Å²) < 4.78 is 42.5. The molecule has 32 heavy (non-hydrogen) atoms. The molecule has 9 nitrogen and oxygen atoms in total. The maximum Gasteiger partial charge on any atom is 0.324 e. The monoisotopic (exact) mass is 462 g/mol. The minimum absolute atomic E-state index is 0.118. The molecule has 1 aliphatic heterocycles. The number of rotatable bonds is 8. The Balaban J connectivity index is 1.63. The van der Waals surface area contributed by atoms with Gasteiger partial charge in [-0.1, -0.05) is 17.7 Å². The van der Waals surface area contributed by atoms with E-state index in [1.54, 1.807) is 30.3 Å². The Bertz CT molecular complexity index is 1060. The Hall–Kier alpha value is -3.11. The van der Waals surface area contributed by atoms with E-state index in [-0.39, 0.29) is 11.4 Å². The van der Waals surface area contributed by atoms with Crippen molar-refractivity contribution in [1.82, 2.24) is 4.31 Å². The molecule has 1 unspecified atom stereocenters. The number of aryl methyl sites for hydroxylation is 1. The van der Waals surface area contributed by atoms with Crippen LogP contribution in [0, 0.1) is 6.92 Å². The van der Waals surface area contributed by atoms with Crippen molar-refractivity contribution in [2.24, 2.45) is 0 Å². The number of esters is 1. The summed E-state index contributed by atoms with van der Waals surface area (Å²) in [7, 11) is -0.875. The lowest BCUT2D eigenvalue weighted by Crippen LogP contribution is -2.42. The van der Waals surface area contributed by atoms with Crippen LogP contribution in [0.2, 0.25) is 0 Å². The zero-order valence-electron chi connectivity index (χ0n) is 18.2. The average Bonchev–Trinajstić information content (AvgIpc) is 3.28.